The number of phenols is 1. The number of nitrogens with zero attached hydrogens (tertiary/aromatic N) is 2. The molecule has 1 unspecified atom stereocenters. The molecule has 0 aliphatic rings. The van der Waals surface area contributed by atoms with E-state index in [0.717, 1.165) is 5.56 Å². The Balaban J connectivity index is 2.09. The molecule has 5 nitrogen and oxygen atoms in total. The van der Waals surface area contributed by atoms with Gasteiger partial charge in [0.25, 0.3) is 0 Å². The van der Waals surface area contributed by atoms with Gasteiger partial charge in [0, 0.05) is 5.56 Å². The van der Waals surface area contributed by atoms with Crippen LogP contribution >= 0.6 is 0 Å². The van der Waals surface area contributed by atoms with E-state index in [1.54, 1.807) is 43.6 Å². The molecule has 5 heteroatoms. The summed E-state index contributed by atoms with van der Waals surface area (Å²) in [6, 6.07) is 6.63. The van der Waals surface area contributed by atoms with E-state index in [9.17, 15) is 5.11 Å². The SMILES string of the molecule is CC(O)COc1cnc(-c2ccc(O)cc2)nc1. The van der Waals surface area contributed by atoms with E-state index in [1.807, 2.05) is 0 Å². The minimum atomic E-state index is -0.526. The first-order valence-corrected chi connectivity index (χ1v) is 5.57. The summed E-state index contributed by atoms with van der Waals surface area (Å²) in [6.45, 7) is 1.85. The van der Waals surface area contributed by atoms with Gasteiger partial charge in [-0.25, -0.2) is 9.97 Å². The molecule has 0 spiro atoms. The number of aromatic nitrogens is 2. The Morgan fingerprint density at radius 2 is 1.78 bits per heavy atom. The highest BCUT2D eigenvalue weighted by molar-refractivity contribution is 5.55. The van der Waals surface area contributed by atoms with Gasteiger partial charge < -0.3 is 14.9 Å². The maximum atomic E-state index is 9.19. The molecule has 0 saturated carbocycles. The molecule has 0 radical (unpaired) electrons. The van der Waals surface area contributed by atoms with E-state index < -0.39 is 6.10 Å². The van der Waals surface area contributed by atoms with Crippen molar-refractivity contribution < 1.29 is 14.9 Å². The number of aliphatic hydroxyl groups is 1. The second-order valence-electron chi connectivity index (χ2n) is 3.95. The Kier molecular flexibility index (Phi) is 3.74. The van der Waals surface area contributed by atoms with Crippen LogP contribution in [-0.2, 0) is 0 Å². The summed E-state index contributed by atoms with van der Waals surface area (Å²) >= 11 is 0. The number of benzene rings is 1. The van der Waals surface area contributed by atoms with Crippen LogP contribution in [0.25, 0.3) is 11.4 Å². The van der Waals surface area contributed by atoms with Crippen molar-refractivity contribution >= 4 is 0 Å². The van der Waals surface area contributed by atoms with Crippen molar-refractivity contribution in [3.63, 3.8) is 0 Å². The highest BCUT2D eigenvalue weighted by Crippen LogP contribution is 2.19. The molecule has 0 saturated heterocycles. The van der Waals surface area contributed by atoms with Gasteiger partial charge in [-0.1, -0.05) is 0 Å². The van der Waals surface area contributed by atoms with Gasteiger partial charge in [-0.05, 0) is 31.2 Å². The van der Waals surface area contributed by atoms with Crippen molar-refractivity contribution in [2.45, 2.75) is 13.0 Å². The third kappa shape index (κ3) is 3.18. The van der Waals surface area contributed by atoms with Gasteiger partial charge in [0.05, 0.1) is 18.5 Å². The predicted octanol–water partition coefficient (Wildman–Crippen LogP) is 1.61. The Morgan fingerprint density at radius 3 is 2.33 bits per heavy atom. The zero-order chi connectivity index (χ0) is 13.0. The molecule has 94 valence electrons. The number of phenolic OH excluding ortho intramolecular Hbond substituents is 1. The molecule has 2 N–H and O–H groups in total. The van der Waals surface area contributed by atoms with Gasteiger partial charge in [0.15, 0.2) is 11.6 Å². The number of ether oxygens (including phenoxy) is 1. The molecular weight excluding hydrogens is 232 g/mol. The van der Waals surface area contributed by atoms with E-state index in [2.05, 4.69) is 9.97 Å². The smallest absolute Gasteiger partial charge is 0.159 e. The molecule has 1 atom stereocenters. The van der Waals surface area contributed by atoms with Crippen molar-refractivity contribution in [2.24, 2.45) is 0 Å². The lowest BCUT2D eigenvalue weighted by Crippen LogP contribution is -2.13. The van der Waals surface area contributed by atoms with Crippen LogP contribution in [0.15, 0.2) is 36.7 Å². The summed E-state index contributed by atoms with van der Waals surface area (Å²) in [5, 5.41) is 18.3. The second-order valence-corrected chi connectivity index (χ2v) is 3.95. The van der Waals surface area contributed by atoms with Crippen LogP contribution in [0, 0.1) is 0 Å². The maximum absolute atomic E-state index is 9.19. The van der Waals surface area contributed by atoms with Gasteiger partial charge in [0.2, 0.25) is 0 Å². The first-order valence-electron chi connectivity index (χ1n) is 5.57. The fraction of sp³-hybridized carbons (Fsp3) is 0.231. The number of hydrogen-bond acceptors (Lipinski definition) is 5. The summed E-state index contributed by atoms with van der Waals surface area (Å²) in [5.41, 5.74) is 0.815. The number of rotatable bonds is 4. The number of hydrogen-bond donors (Lipinski definition) is 2. The molecule has 0 fully saturated rings. The molecule has 18 heavy (non-hydrogen) atoms. The second kappa shape index (κ2) is 5.46. The number of aromatic hydroxyl groups is 1. The minimum Gasteiger partial charge on any atom is -0.508 e. The minimum absolute atomic E-state index is 0.204. The van der Waals surface area contributed by atoms with Crippen LogP contribution in [0.5, 0.6) is 11.5 Å². The molecule has 1 heterocycles. The largest absolute Gasteiger partial charge is 0.508 e. The van der Waals surface area contributed by atoms with Crippen LogP contribution in [-0.4, -0.2) is 32.9 Å². The molecule has 2 aromatic rings. The maximum Gasteiger partial charge on any atom is 0.159 e. The molecular formula is C13H14N2O3. The lowest BCUT2D eigenvalue weighted by Gasteiger charge is -2.07. The van der Waals surface area contributed by atoms with E-state index >= 15 is 0 Å². The monoisotopic (exact) mass is 246 g/mol. The normalized spacial score (nSPS) is 12.1. The lowest BCUT2D eigenvalue weighted by molar-refractivity contribution is 0.122. The average Bonchev–Trinajstić information content (AvgIpc) is 2.38. The Labute approximate surface area is 105 Å². The van der Waals surface area contributed by atoms with E-state index in [1.165, 1.54) is 0 Å². The van der Waals surface area contributed by atoms with Crippen molar-refractivity contribution in [3.05, 3.63) is 36.7 Å². The van der Waals surface area contributed by atoms with Gasteiger partial charge in [-0.3, -0.25) is 0 Å². The fourth-order valence-electron chi connectivity index (χ4n) is 1.37. The van der Waals surface area contributed by atoms with E-state index in [4.69, 9.17) is 9.84 Å². The van der Waals surface area contributed by atoms with Crippen molar-refractivity contribution in [1.29, 1.82) is 0 Å². The van der Waals surface area contributed by atoms with Gasteiger partial charge in [-0.15, -0.1) is 0 Å². The summed E-state index contributed by atoms with van der Waals surface area (Å²) in [7, 11) is 0. The molecule has 2 rings (SSSR count). The number of aliphatic hydroxyl groups excluding tert-OH is 1. The first kappa shape index (κ1) is 12.3. The van der Waals surface area contributed by atoms with Crippen molar-refractivity contribution in [2.75, 3.05) is 6.61 Å². The fourth-order valence-corrected chi connectivity index (χ4v) is 1.37. The molecule has 0 bridgehead atoms. The van der Waals surface area contributed by atoms with Crippen LogP contribution in [0.4, 0.5) is 0 Å². The molecule has 0 aliphatic carbocycles. The standard InChI is InChI=1S/C13H14N2O3/c1-9(16)8-18-12-6-14-13(15-7-12)10-2-4-11(17)5-3-10/h2-7,9,16-17H,8H2,1H3. The summed E-state index contributed by atoms with van der Waals surface area (Å²) < 4.78 is 5.26. The molecule has 1 aromatic carbocycles. The first-order chi connectivity index (χ1) is 8.65. The van der Waals surface area contributed by atoms with E-state index in [0.29, 0.717) is 11.6 Å². The van der Waals surface area contributed by atoms with E-state index in [-0.39, 0.29) is 12.4 Å². The van der Waals surface area contributed by atoms with Gasteiger partial charge in [-0.2, -0.15) is 0 Å². The van der Waals surface area contributed by atoms with Crippen LogP contribution in [0.2, 0.25) is 0 Å². The molecule has 1 aromatic heterocycles. The molecule has 0 aliphatic heterocycles. The topological polar surface area (TPSA) is 75.5 Å². The predicted molar refractivity (Wildman–Crippen MR) is 66.3 cm³/mol. The zero-order valence-corrected chi connectivity index (χ0v) is 9.95. The Hall–Kier alpha value is -2.14. The third-order valence-electron chi connectivity index (χ3n) is 2.24. The van der Waals surface area contributed by atoms with Crippen molar-refractivity contribution in [1.82, 2.24) is 9.97 Å². The molecule has 0 amide bonds. The van der Waals surface area contributed by atoms with Crippen LogP contribution in [0.1, 0.15) is 6.92 Å². The van der Waals surface area contributed by atoms with Crippen LogP contribution in [0.3, 0.4) is 0 Å². The Morgan fingerprint density at radius 1 is 1.17 bits per heavy atom. The lowest BCUT2D eigenvalue weighted by atomic mass is 10.2. The quantitative estimate of drug-likeness (QED) is 0.857. The van der Waals surface area contributed by atoms with Gasteiger partial charge in [0.1, 0.15) is 12.4 Å². The third-order valence-corrected chi connectivity index (χ3v) is 2.24. The highest BCUT2D eigenvalue weighted by Gasteiger charge is 2.03. The Bertz CT molecular complexity index is 495. The highest BCUT2D eigenvalue weighted by atomic mass is 16.5. The van der Waals surface area contributed by atoms with Crippen LogP contribution < -0.4 is 4.74 Å². The van der Waals surface area contributed by atoms with Crippen molar-refractivity contribution in [3.8, 4) is 22.9 Å². The zero-order valence-electron chi connectivity index (χ0n) is 9.95. The summed E-state index contributed by atoms with van der Waals surface area (Å²) in [4.78, 5) is 8.31. The average molecular weight is 246 g/mol. The van der Waals surface area contributed by atoms with Gasteiger partial charge >= 0.3 is 0 Å². The summed E-state index contributed by atoms with van der Waals surface area (Å²) in [5.74, 6) is 1.27. The summed E-state index contributed by atoms with van der Waals surface area (Å²) in [6.07, 6.45) is 2.58.